The summed E-state index contributed by atoms with van der Waals surface area (Å²) in [6, 6.07) is 20.7. The number of hydrogen-bond acceptors (Lipinski definition) is 8. The van der Waals surface area contributed by atoms with Gasteiger partial charge >= 0.3 is 0 Å². The molecule has 8 heteroatoms. The van der Waals surface area contributed by atoms with E-state index in [0.29, 0.717) is 85.6 Å². The summed E-state index contributed by atoms with van der Waals surface area (Å²) in [6.45, 7) is 21.4. The molecule has 0 spiro atoms. The average molecular weight is 667 g/mol. The van der Waals surface area contributed by atoms with E-state index in [9.17, 15) is 0 Å². The highest BCUT2D eigenvalue weighted by Gasteiger charge is 2.52. The second-order valence-corrected chi connectivity index (χ2v) is 10.8. The van der Waals surface area contributed by atoms with Crippen molar-refractivity contribution < 1.29 is 37.9 Å². The lowest BCUT2D eigenvalue weighted by Gasteiger charge is -2.37. The summed E-state index contributed by atoms with van der Waals surface area (Å²) in [7, 11) is 0. The van der Waals surface area contributed by atoms with Crippen molar-refractivity contribution in [2.75, 3.05) is 39.6 Å². The summed E-state index contributed by atoms with van der Waals surface area (Å²) in [5.41, 5.74) is 4.58. The van der Waals surface area contributed by atoms with Crippen LogP contribution in [0, 0.1) is 0 Å². The second kappa shape index (κ2) is 15.8. The van der Waals surface area contributed by atoms with Gasteiger partial charge in [0.25, 0.3) is 0 Å². The molecule has 4 aromatic carbocycles. The smallest absolute Gasteiger partial charge is 0.214 e. The van der Waals surface area contributed by atoms with Gasteiger partial charge in [-0.15, -0.1) is 0 Å². The van der Waals surface area contributed by atoms with Crippen molar-refractivity contribution in [1.82, 2.24) is 0 Å². The normalized spacial score (nSPS) is 12.3. The number of fused-ring (bicyclic) bond motifs is 3. The Labute approximate surface area is 289 Å². The molecular weight excluding hydrogens is 620 g/mol. The third-order valence-corrected chi connectivity index (χ3v) is 8.23. The summed E-state index contributed by atoms with van der Waals surface area (Å²) in [6.07, 6.45) is 2.72. The zero-order valence-electron chi connectivity index (χ0n) is 29.4. The zero-order valence-corrected chi connectivity index (χ0v) is 29.4. The van der Waals surface area contributed by atoms with E-state index in [1.807, 2.05) is 65.8 Å². The Kier molecular flexibility index (Phi) is 11.3. The number of ether oxygens (including phenoxy) is 8. The highest BCUT2D eigenvalue weighted by Crippen LogP contribution is 2.65. The van der Waals surface area contributed by atoms with E-state index in [1.165, 1.54) is 12.5 Å². The minimum absolute atomic E-state index is 0.351. The molecule has 8 nitrogen and oxygen atoms in total. The van der Waals surface area contributed by atoms with E-state index in [-0.39, 0.29) is 0 Å². The van der Waals surface area contributed by atoms with Crippen LogP contribution in [0.15, 0.2) is 86.3 Å². The van der Waals surface area contributed by atoms with Gasteiger partial charge in [0.1, 0.15) is 0 Å². The van der Waals surface area contributed by atoms with E-state index >= 15 is 0 Å². The van der Waals surface area contributed by atoms with Crippen LogP contribution in [0.4, 0.5) is 0 Å². The Morgan fingerprint density at radius 1 is 0.449 bits per heavy atom. The molecule has 0 N–H and O–H groups in total. The molecule has 49 heavy (non-hydrogen) atoms. The number of benzene rings is 4. The van der Waals surface area contributed by atoms with Crippen LogP contribution in [0.3, 0.4) is 0 Å². The van der Waals surface area contributed by atoms with Crippen molar-refractivity contribution in [1.29, 1.82) is 0 Å². The molecule has 0 radical (unpaired) electrons. The van der Waals surface area contributed by atoms with Crippen molar-refractivity contribution in [2.45, 2.75) is 47.0 Å². The third-order valence-electron chi connectivity index (χ3n) is 8.23. The molecule has 0 atom stereocenters. The van der Waals surface area contributed by atoms with E-state index in [0.717, 1.165) is 33.4 Å². The van der Waals surface area contributed by atoms with Gasteiger partial charge in [0.05, 0.1) is 57.6 Å². The maximum absolute atomic E-state index is 6.61. The van der Waals surface area contributed by atoms with Gasteiger partial charge in [-0.25, -0.2) is 0 Å². The number of rotatable bonds is 18. The third kappa shape index (κ3) is 6.01. The van der Waals surface area contributed by atoms with Crippen LogP contribution in [0.25, 0.3) is 11.1 Å². The predicted octanol–water partition coefficient (Wildman–Crippen LogP) is 9.49. The molecule has 1 aliphatic rings. The minimum Gasteiger partial charge on any atom is -0.490 e. The fraction of sp³-hybridized carbons (Fsp3) is 0.317. The molecule has 0 unspecified atom stereocenters. The Morgan fingerprint density at radius 3 is 1.14 bits per heavy atom. The summed E-state index contributed by atoms with van der Waals surface area (Å²) >= 11 is 0. The quantitative estimate of drug-likeness (QED) is 0.0857. The second-order valence-electron chi connectivity index (χ2n) is 10.8. The molecule has 4 aromatic rings. The maximum atomic E-state index is 6.61. The lowest BCUT2D eigenvalue weighted by molar-refractivity contribution is 0.258. The summed E-state index contributed by atoms with van der Waals surface area (Å²) in [5.74, 6) is 3.53. The lowest BCUT2D eigenvalue weighted by atomic mass is 9.66. The molecule has 0 amide bonds. The van der Waals surface area contributed by atoms with Crippen LogP contribution >= 0.6 is 0 Å². The highest BCUT2D eigenvalue weighted by molar-refractivity contribution is 5.89. The zero-order chi connectivity index (χ0) is 35.0. The van der Waals surface area contributed by atoms with Crippen LogP contribution in [0.5, 0.6) is 46.0 Å². The monoisotopic (exact) mass is 666 g/mol. The maximum Gasteiger partial charge on any atom is 0.214 e. The van der Waals surface area contributed by atoms with Crippen LogP contribution in [0.1, 0.15) is 63.8 Å². The van der Waals surface area contributed by atoms with Crippen molar-refractivity contribution in [3.05, 3.63) is 109 Å². The molecule has 1 aliphatic carbocycles. The van der Waals surface area contributed by atoms with Crippen molar-refractivity contribution in [3.8, 4) is 57.1 Å². The van der Waals surface area contributed by atoms with E-state index in [2.05, 4.69) is 49.6 Å². The predicted molar refractivity (Wildman–Crippen MR) is 192 cm³/mol. The van der Waals surface area contributed by atoms with Crippen molar-refractivity contribution in [2.24, 2.45) is 0 Å². The standard InChI is InChI=1S/C41H46O8/c1-9-42-33-25-31(35(44-11-3)39(48-15-7)37(33)46-13-5)41(29-23-19-17-21-27(29)28-22-18-20-24-30(28)41)32-26-34(43-10-2)38(47-14-6)40(49-16-8)36(32)45-12-4/h13-14,17-26H,5-6,9-12,15-16H2,1-4,7-8H3. The SMILES string of the molecule is C=COc1c(OCC)cc(C2(c3cc(OCC)c(OC=C)c(OCC)c3OCC)c3ccccc3-c3ccccc32)c(OCC)c1OCC. The molecule has 0 bridgehead atoms. The Hall–Kier alpha value is -5.24. The van der Waals surface area contributed by atoms with Gasteiger partial charge in [-0.3, -0.25) is 0 Å². The van der Waals surface area contributed by atoms with Crippen LogP contribution in [0.2, 0.25) is 0 Å². The molecule has 0 fully saturated rings. The van der Waals surface area contributed by atoms with Gasteiger partial charge in [-0.1, -0.05) is 61.7 Å². The number of hydrogen-bond donors (Lipinski definition) is 0. The molecule has 5 rings (SSSR count). The molecule has 258 valence electrons. The van der Waals surface area contributed by atoms with Crippen LogP contribution < -0.4 is 37.9 Å². The van der Waals surface area contributed by atoms with E-state index < -0.39 is 5.41 Å². The molecule has 0 aliphatic heterocycles. The minimum atomic E-state index is -1.07. The van der Waals surface area contributed by atoms with Gasteiger partial charge < -0.3 is 37.9 Å². The molecule has 0 saturated carbocycles. The molecular formula is C41H46O8. The van der Waals surface area contributed by atoms with Gasteiger partial charge in [0, 0.05) is 11.1 Å². The summed E-state index contributed by atoms with van der Waals surface area (Å²) in [5, 5.41) is 0. The molecule has 0 aromatic heterocycles. The lowest BCUT2D eigenvalue weighted by Crippen LogP contribution is -2.31. The van der Waals surface area contributed by atoms with Crippen molar-refractivity contribution >= 4 is 0 Å². The first-order valence-corrected chi connectivity index (χ1v) is 17.0. The largest absolute Gasteiger partial charge is 0.490 e. The highest BCUT2D eigenvalue weighted by atomic mass is 16.6. The summed E-state index contributed by atoms with van der Waals surface area (Å²) in [4.78, 5) is 0. The first-order chi connectivity index (χ1) is 24.0. The fourth-order valence-electron chi connectivity index (χ4n) is 6.76. The first-order valence-electron chi connectivity index (χ1n) is 17.0. The van der Waals surface area contributed by atoms with E-state index in [1.54, 1.807) is 0 Å². The molecule has 0 saturated heterocycles. The topological polar surface area (TPSA) is 73.8 Å². The van der Waals surface area contributed by atoms with Gasteiger partial charge in [0.15, 0.2) is 23.0 Å². The Bertz CT molecular complexity index is 1660. The van der Waals surface area contributed by atoms with Gasteiger partial charge in [0.2, 0.25) is 23.0 Å². The van der Waals surface area contributed by atoms with Gasteiger partial charge in [-0.2, -0.15) is 0 Å². The Morgan fingerprint density at radius 2 is 0.796 bits per heavy atom. The van der Waals surface area contributed by atoms with E-state index in [4.69, 9.17) is 37.9 Å². The van der Waals surface area contributed by atoms with Crippen LogP contribution in [-0.4, -0.2) is 39.6 Å². The molecule has 0 heterocycles. The Balaban J connectivity index is 2.12. The van der Waals surface area contributed by atoms with Crippen LogP contribution in [-0.2, 0) is 5.41 Å². The average Bonchev–Trinajstić information content (AvgIpc) is 3.41. The van der Waals surface area contributed by atoms with Crippen molar-refractivity contribution in [3.63, 3.8) is 0 Å². The first kappa shape index (κ1) is 35.1. The van der Waals surface area contributed by atoms with Gasteiger partial charge in [-0.05, 0) is 75.9 Å². The fourth-order valence-corrected chi connectivity index (χ4v) is 6.76. The summed E-state index contributed by atoms with van der Waals surface area (Å²) < 4.78 is 50.6.